The molecule has 0 spiro atoms. The van der Waals surface area contributed by atoms with Crippen molar-refractivity contribution in [2.75, 3.05) is 13.7 Å². The van der Waals surface area contributed by atoms with Crippen molar-refractivity contribution in [1.29, 1.82) is 0 Å². The van der Waals surface area contributed by atoms with Crippen molar-refractivity contribution in [3.05, 3.63) is 36.0 Å². The average molecular weight is 431 g/mol. The number of hydrogen-bond acceptors (Lipinski definition) is 6. The lowest BCUT2D eigenvalue weighted by Crippen LogP contribution is -2.52. The molecule has 3 N–H and O–H groups in total. The number of nitrogens with one attached hydrogen (secondary N) is 2. The number of nitrogens with zero attached hydrogens (tertiary/aromatic N) is 1. The first-order chi connectivity index (χ1) is 14.6. The number of aromatic nitrogens is 1. The largest absolute Gasteiger partial charge is 0.467 e. The minimum atomic E-state index is -0.949. The fraction of sp³-hybridized carbons (Fsp3) is 0.500. The predicted octanol–water partition coefficient (Wildman–Crippen LogP) is 1.74. The van der Waals surface area contributed by atoms with Gasteiger partial charge in [-0.05, 0) is 32.4 Å². The fourth-order valence-electron chi connectivity index (χ4n) is 3.71. The summed E-state index contributed by atoms with van der Waals surface area (Å²) < 4.78 is 10.2. The molecule has 1 aromatic carbocycles. The number of rotatable bonds is 5. The van der Waals surface area contributed by atoms with E-state index in [2.05, 4.69) is 10.3 Å². The number of carbonyl (C=O) groups excluding carboxylic acids is 3. The maximum atomic E-state index is 13.0. The molecule has 168 valence electrons. The van der Waals surface area contributed by atoms with Crippen molar-refractivity contribution in [3.8, 4) is 0 Å². The van der Waals surface area contributed by atoms with Gasteiger partial charge in [0.15, 0.2) is 0 Å². The number of hydrogen-bond donors (Lipinski definition) is 3. The maximum absolute atomic E-state index is 13.0. The van der Waals surface area contributed by atoms with Crippen molar-refractivity contribution in [1.82, 2.24) is 15.2 Å². The van der Waals surface area contributed by atoms with Crippen LogP contribution < -0.4 is 5.32 Å². The van der Waals surface area contributed by atoms with Crippen LogP contribution in [0, 0.1) is 0 Å². The molecule has 2 unspecified atom stereocenters. The second kappa shape index (κ2) is 8.97. The van der Waals surface area contributed by atoms with Gasteiger partial charge in [-0.2, -0.15) is 0 Å². The molecule has 31 heavy (non-hydrogen) atoms. The molecule has 2 aromatic rings. The molecule has 3 atom stereocenters. The number of benzene rings is 1. The highest BCUT2D eigenvalue weighted by Crippen LogP contribution is 2.23. The van der Waals surface area contributed by atoms with Gasteiger partial charge < -0.3 is 24.9 Å². The van der Waals surface area contributed by atoms with Crippen LogP contribution in [0.4, 0.5) is 4.79 Å². The van der Waals surface area contributed by atoms with Crippen LogP contribution in [0.2, 0.25) is 0 Å². The van der Waals surface area contributed by atoms with Crippen molar-refractivity contribution in [2.45, 2.75) is 57.4 Å². The second-order valence-corrected chi connectivity index (χ2v) is 8.69. The average Bonchev–Trinajstić information content (AvgIpc) is 3.29. The summed E-state index contributed by atoms with van der Waals surface area (Å²) in [5, 5.41) is 13.7. The summed E-state index contributed by atoms with van der Waals surface area (Å²) >= 11 is 0. The third-order valence-corrected chi connectivity index (χ3v) is 5.11. The summed E-state index contributed by atoms with van der Waals surface area (Å²) in [6, 6.07) is 5.75. The summed E-state index contributed by atoms with van der Waals surface area (Å²) in [6.45, 7) is 5.15. The topological polar surface area (TPSA) is 121 Å². The molecule has 2 amide bonds. The molecule has 1 aliphatic rings. The number of carbonyl (C=O) groups is 3. The first-order valence-electron chi connectivity index (χ1n) is 10.2. The number of esters is 1. The number of ether oxygens (including phenoxy) is 2. The van der Waals surface area contributed by atoms with Crippen LogP contribution in [0.15, 0.2) is 30.5 Å². The van der Waals surface area contributed by atoms with E-state index in [1.54, 1.807) is 27.0 Å². The van der Waals surface area contributed by atoms with E-state index in [0.717, 1.165) is 16.5 Å². The maximum Gasteiger partial charge on any atom is 0.411 e. The standard InChI is InChI=1S/C22H29N3O6/c1-22(2,3)31-21(29)25-12-14(26)10-18(25)19(27)24-17(20(28)30-4)9-13-11-23-16-8-6-5-7-15(13)16/h5-8,11,14,17-18,23,26H,9-10,12H2,1-4H3,(H,24,27)/t14?,17?,18-/m0/s1. The Balaban J connectivity index is 1.76. The van der Waals surface area contributed by atoms with Crippen LogP contribution in [0.3, 0.4) is 0 Å². The third-order valence-electron chi connectivity index (χ3n) is 5.11. The summed E-state index contributed by atoms with van der Waals surface area (Å²) in [6.07, 6.45) is 0.527. The zero-order valence-corrected chi connectivity index (χ0v) is 18.2. The number of aliphatic hydroxyl groups excluding tert-OH is 1. The lowest BCUT2D eigenvalue weighted by atomic mass is 10.0. The van der Waals surface area contributed by atoms with Crippen LogP contribution >= 0.6 is 0 Å². The van der Waals surface area contributed by atoms with Crippen molar-refractivity contribution in [2.24, 2.45) is 0 Å². The molecule has 3 rings (SSSR count). The van der Waals surface area contributed by atoms with Gasteiger partial charge in [-0.1, -0.05) is 18.2 Å². The molecule has 1 aliphatic heterocycles. The summed E-state index contributed by atoms with van der Waals surface area (Å²) in [7, 11) is 1.25. The lowest BCUT2D eigenvalue weighted by molar-refractivity contribution is -0.145. The Bertz CT molecular complexity index is 964. The van der Waals surface area contributed by atoms with Crippen LogP contribution in [-0.2, 0) is 25.5 Å². The summed E-state index contributed by atoms with van der Waals surface area (Å²) in [4.78, 5) is 42.3. The van der Waals surface area contributed by atoms with Crippen LogP contribution in [0.1, 0.15) is 32.8 Å². The SMILES string of the molecule is COC(=O)C(Cc1c[nH]c2ccccc12)NC(=O)[C@@H]1CC(O)CN1C(=O)OC(C)(C)C. The Morgan fingerprint density at radius 2 is 2.00 bits per heavy atom. The number of likely N-dealkylation sites (tertiary alicyclic amines) is 1. The molecule has 1 fully saturated rings. The van der Waals surface area contributed by atoms with E-state index in [1.165, 1.54) is 12.0 Å². The van der Waals surface area contributed by atoms with Gasteiger partial charge in [-0.3, -0.25) is 9.69 Å². The van der Waals surface area contributed by atoms with Gasteiger partial charge in [0.2, 0.25) is 5.91 Å². The first-order valence-corrected chi connectivity index (χ1v) is 10.2. The number of H-pyrrole nitrogens is 1. The smallest absolute Gasteiger partial charge is 0.411 e. The van der Waals surface area contributed by atoms with E-state index in [1.807, 2.05) is 24.3 Å². The minimum Gasteiger partial charge on any atom is -0.467 e. The quantitative estimate of drug-likeness (QED) is 0.620. The monoisotopic (exact) mass is 431 g/mol. The van der Waals surface area contributed by atoms with E-state index in [0.29, 0.717) is 0 Å². The molecule has 0 saturated carbocycles. The zero-order valence-electron chi connectivity index (χ0n) is 18.2. The first kappa shape index (κ1) is 22.6. The van der Waals surface area contributed by atoms with E-state index in [-0.39, 0.29) is 19.4 Å². The number of β-amino-alcohol motifs (C(OH)–C–C–N with tert-alkyl or cyclic N) is 1. The van der Waals surface area contributed by atoms with Crippen LogP contribution in [-0.4, -0.2) is 70.4 Å². The Kier molecular flexibility index (Phi) is 6.54. The highest BCUT2D eigenvalue weighted by atomic mass is 16.6. The second-order valence-electron chi connectivity index (χ2n) is 8.69. The Morgan fingerprint density at radius 3 is 2.68 bits per heavy atom. The van der Waals surface area contributed by atoms with Crippen molar-refractivity contribution in [3.63, 3.8) is 0 Å². The van der Waals surface area contributed by atoms with E-state index >= 15 is 0 Å². The van der Waals surface area contributed by atoms with E-state index in [4.69, 9.17) is 9.47 Å². The molecule has 0 bridgehead atoms. The van der Waals surface area contributed by atoms with Gasteiger partial charge >= 0.3 is 12.1 Å². The molecular formula is C22H29N3O6. The number of aromatic amines is 1. The predicted molar refractivity (Wildman–Crippen MR) is 113 cm³/mol. The van der Waals surface area contributed by atoms with Crippen molar-refractivity contribution < 1.29 is 29.0 Å². The van der Waals surface area contributed by atoms with Gasteiger partial charge in [0.1, 0.15) is 17.7 Å². The number of para-hydroxylation sites is 1. The number of methoxy groups -OCH3 is 1. The van der Waals surface area contributed by atoms with E-state index < -0.39 is 41.8 Å². The number of fused-ring (bicyclic) bond motifs is 1. The van der Waals surface area contributed by atoms with Gasteiger partial charge in [-0.15, -0.1) is 0 Å². The molecule has 9 heteroatoms. The lowest BCUT2D eigenvalue weighted by Gasteiger charge is -2.28. The highest BCUT2D eigenvalue weighted by Gasteiger charge is 2.42. The summed E-state index contributed by atoms with van der Waals surface area (Å²) in [5.41, 5.74) is 1.03. The fourth-order valence-corrected chi connectivity index (χ4v) is 3.71. The molecule has 2 heterocycles. The molecule has 0 aliphatic carbocycles. The van der Waals surface area contributed by atoms with Crippen LogP contribution in [0.5, 0.6) is 0 Å². The molecule has 0 radical (unpaired) electrons. The molecule has 1 saturated heterocycles. The molecule has 1 aromatic heterocycles. The normalized spacial score (nSPS) is 19.8. The van der Waals surface area contributed by atoms with E-state index in [9.17, 15) is 19.5 Å². The summed E-state index contributed by atoms with van der Waals surface area (Å²) in [5.74, 6) is -1.14. The highest BCUT2D eigenvalue weighted by molar-refractivity contribution is 5.91. The molecule has 9 nitrogen and oxygen atoms in total. The number of amides is 2. The van der Waals surface area contributed by atoms with Gasteiger partial charge in [0, 0.05) is 29.9 Å². The minimum absolute atomic E-state index is 0.0155. The van der Waals surface area contributed by atoms with Crippen molar-refractivity contribution >= 4 is 28.9 Å². The van der Waals surface area contributed by atoms with Crippen LogP contribution in [0.25, 0.3) is 10.9 Å². The van der Waals surface area contributed by atoms with Gasteiger partial charge in [0.25, 0.3) is 0 Å². The Hall–Kier alpha value is -3.07. The third kappa shape index (κ3) is 5.35. The van der Waals surface area contributed by atoms with Gasteiger partial charge in [0.05, 0.1) is 19.8 Å². The zero-order chi connectivity index (χ0) is 22.8. The molecular weight excluding hydrogens is 402 g/mol. The number of aliphatic hydroxyl groups is 1. The van der Waals surface area contributed by atoms with Gasteiger partial charge in [-0.25, -0.2) is 9.59 Å². The Labute approximate surface area is 180 Å². The Morgan fingerprint density at radius 1 is 1.29 bits per heavy atom.